The molecule has 3 heteroatoms. The molecule has 2 heterocycles. The minimum Gasteiger partial charge on any atom is -0.369 e. The molecule has 1 aromatic rings. The first-order chi connectivity index (χ1) is 8.33. The molecule has 1 aliphatic heterocycles. The molecule has 2 aliphatic rings. The molecule has 0 amide bonds. The summed E-state index contributed by atoms with van der Waals surface area (Å²) in [6, 6.07) is 5.83. The van der Waals surface area contributed by atoms with Crippen molar-refractivity contribution < 1.29 is 0 Å². The fraction of sp³-hybridized carbons (Fsp3) is 0.643. The summed E-state index contributed by atoms with van der Waals surface area (Å²) in [5, 5.41) is 3.52. The van der Waals surface area contributed by atoms with Gasteiger partial charge in [0, 0.05) is 37.1 Å². The van der Waals surface area contributed by atoms with Crippen LogP contribution in [0.5, 0.6) is 0 Å². The molecule has 1 aromatic heterocycles. The van der Waals surface area contributed by atoms with E-state index < -0.39 is 0 Å². The van der Waals surface area contributed by atoms with Crippen molar-refractivity contribution in [3.05, 3.63) is 24.0 Å². The van der Waals surface area contributed by atoms with Crippen LogP contribution in [0.15, 0.2) is 18.3 Å². The lowest BCUT2D eigenvalue weighted by Crippen LogP contribution is -2.26. The van der Waals surface area contributed by atoms with Crippen molar-refractivity contribution in [1.82, 2.24) is 10.3 Å². The Hall–Kier alpha value is -1.09. The summed E-state index contributed by atoms with van der Waals surface area (Å²) < 4.78 is 0. The van der Waals surface area contributed by atoms with Crippen LogP contribution in [-0.4, -0.2) is 23.6 Å². The van der Waals surface area contributed by atoms with E-state index in [-0.39, 0.29) is 0 Å². The Morgan fingerprint density at radius 3 is 3.00 bits per heavy atom. The van der Waals surface area contributed by atoms with Crippen LogP contribution < -0.4 is 10.2 Å². The van der Waals surface area contributed by atoms with Gasteiger partial charge in [-0.3, -0.25) is 4.98 Å². The second-order valence-electron chi connectivity index (χ2n) is 5.35. The minimum absolute atomic E-state index is 0.682. The lowest BCUT2D eigenvalue weighted by molar-refractivity contribution is 0.673. The topological polar surface area (TPSA) is 28.2 Å². The zero-order valence-electron chi connectivity index (χ0n) is 10.5. The van der Waals surface area contributed by atoms with Crippen LogP contribution in [0.25, 0.3) is 0 Å². The smallest absolute Gasteiger partial charge is 0.0562 e. The summed E-state index contributed by atoms with van der Waals surface area (Å²) in [6.07, 6.45) is 7.26. The van der Waals surface area contributed by atoms with Gasteiger partial charge >= 0.3 is 0 Å². The van der Waals surface area contributed by atoms with E-state index in [1.807, 2.05) is 6.20 Å². The van der Waals surface area contributed by atoms with E-state index in [4.69, 9.17) is 0 Å². The molecule has 17 heavy (non-hydrogen) atoms. The van der Waals surface area contributed by atoms with E-state index in [0.717, 1.165) is 12.6 Å². The fourth-order valence-electron chi connectivity index (χ4n) is 2.59. The number of nitrogens with one attached hydrogen (secondary N) is 1. The van der Waals surface area contributed by atoms with E-state index in [1.54, 1.807) is 0 Å². The first kappa shape index (κ1) is 11.0. The van der Waals surface area contributed by atoms with Crippen LogP contribution in [0.2, 0.25) is 0 Å². The standard InChI is InChI=1S/C14H21N3/c1-11-3-2-8-17(11)14-6-7-15-13(9-14)10-16-12-4-5-12/h6-7,9,11-12,16H,2-5,8,10H2,1H3. The molecule has 0 spiro atoms. The molecule has 2 fully saturated rings. The molecule has 1 N–H and O–H groups in total. The number of rotatable bonds is 4. The predicted molar refractivity (Wildman–Crippen MR) is 70.1 cm³/mol. The van der Waals surface area contributed by atoms with Gasteiger partial charge in [0.2, 0.25) is 0 Å². The van der Waals surface area contributed by atoms with Gasteiger partial charge in [-0.1, -0.05) is 0 Å². The lowest BCUT2D eigenvalue weighted by atomic mass is 10.2. The maximum Gasteiger partial charge on any atom is 0.0562 e. The van der Waals surface area contributed by atoms with E-state index in [9.17, 15) is 0 Å². The van der Waals surface area contributed by atoms with Crippen molar-refractivity contribution >= 4 is 5.69 Å². The molecule has 0 bridgehead atoms. The van der Waals surface area contributed by atoms with E-state index in [0.29, 0.717) is 6.04 Å². The molecule has 3 nitrogen and oxygen atoms in total. The number of nitrogens with zero attached hydrogens (tertiary/aromatic N) is 2. The SMILES string of the molecule is CC1CCCN1c1ccnc(CNC2CC2)c1. The zero-order chi connectivity index (χ0) is 11.7. The Morgan fingerprint density at radius 2 is 2.29 bits per heavy atom. The Morgan fingerprint density at radius 1 is 1.41 bits per heavy atom. The number of aromatic nitrogens is 1. The molecule has 92 valence electrons. The van der Waals surface area contributed by atoms with E-state index >= 15 is 0 Å². The molecule has 1 atom stereocenters. The van der Waals surface area contributed by atoms with Crippen LogP contribution in [-0.2, 0) is 6.54 Å². The second-order valence-corrected chi connectivity index (χ2v) is 5.35. The molecule has 0 radical (unpaired) electrons. The summed E-state index contributed by atoms with van der Waals surface area (Å²) in [7, 11) is 0. The molecule has 1 aliphatic carbocycles. The van der Waals surface area contributed by atoms with E-state index in [2.05, 4.69) is 34.3 Å². The highest BCUT2D eigenvalue weighted by atomic mass is 15.2. The van der Waals surface area contributed by atoms with Gasteiger partial charge < -0.3 is 10.2 Å². The van der Waals surface area contributed by atoms with Gasteiger partial charge in [0.25, 0.3) is 0 Å². The predicted octanol–water partition coefficient (Wildman–Crippen LogP) is 2.32. The van der Waals surface area contributed by atoms with Crippen LogP contribution in [0.3, 0.4) is 0 Å². The van der Waals surface area contributed by atoms with Gasteiger partial charge in [-0.25, -0.2) is 0 Å². The first-order valence-corrected chi connectivity index (χ1v) is 6.78. The lowest BCUT2D eigenvalue weighted by Gasteiger charge is -2.24. The van der Waals surface area contributed by atoms with Crippen LogP contribution in [0, 0.1) is 0 Å². The average molecular weight is 231 g/mol. The number of hydrogen-bond acceptors (Lipinski definition) is 3. The molecule has 1 saturated carbocycles. The largest absolute Gasteiger partial charge is 0.369 e. The summed E-state index contributed by atoms with van der Waals surface area (Å²) >= 11 is 0. The van der Waals surface area contributed by atoms with Crippen LogP contribution in [0.4, 0.5) is 5.69 Å². The Labute approximate surface area is 103 Å². The quantitative estimate of drug-likeness (QED) is 0.862. The molecule has 1 unspecified atom stereocenters. The van der Waals surface area contributed by atoms with Crippen molar-refractivity contribution in [3.8, 4) is 0 Å². The Bertz CT molecular complexity index is 387. The maximum atomic E-state index is 4.45. The highest BCUT2D eigenvalue weighted by Crippen LogP contribution is 2.25. The van der Waals surface area contributed by atoms with Crippen molar-refractivity contribution in [3.63, 3.8) is 0 Å². The van der Waals surface area contributed by atoms with Crippen molar-refractivity contribution in [2.45, 2.75) is 51.2 Å². The summed E-state index contributed by atoms with van der Waals surface area (Å²) in [5.74, 6) is 0. The fourth-order valence-corrected chi connectivity index (χ4v) is 2.59. The summed E-state index contributed by atoms with van der Waals surface area (Å²) in [6.45, 7) is 4.43. The Kier molecular flexibility index (Phi) is 3.02. The molecular weight excluding hydrogens is 210 g/mol. The van der Waals surface area contributed by atoms with Gasteiger partial charge in [0.1, 0.15) is 0 Å². The first-order valence-electron chi connectivity index (χ1n) is 6.78. The second kappa shape index (κ2) is 4.65. The van der Waals surface area contributed by atoms with Gasteiger partial charge in [0.05, 0.1) is 5.69 Å². The summed E-state index contributed by atoms with van der Waals surface area (Å²) in [4.78, 5) is 6.95. The van der Waals surface area contributed by atoms with Crippen LogP contribution >= 0.6 is 0 Å². The van der Waals surface area contributed by atoms with E-state index in [1.165, 1.54) is 43.6 Å². The number of anilines is 1. The zero-order valence-corrected chi connectivity index (χ0v) is 10.5. The van der Waals surface area contributed by atoms with Crippen LogP contribution in [0.1, 0.15) is 38.3 Å². The number of pyridine rings is 1. The number of hydrogen-bond donors (Lipinski definition) is 1. The third-order valence-corrected chi connectivity index (χ3v) is 3.83. The van der Waals surface area contributed by atoms with Crippen molar-refractivity contribution in [2.75, 3.05) is 11.4 Å². The highest BCUT2D eigenvalue weighted by molar-refractivity contribution is 5.48. The third kappa shape index (κ3) is 2.60. The highest BCUT2D eigenvalue weighted by Gasteiger charge is 2.22. The maximum absolute atomic E-state index is 4.45. The minimum atomic E-state index is 0.682. The van der Waals surface area contributed by atoms with Gasteiger partial charge in [-0.15, -0.1) is 0 Å². The Balaban J connectivity index is 1.68. The summed E-state index contributed by atoms with van der Waals surface area (Å²) in [5.41, 5.74) is 2.52. The van der Waals surface area contributed by atoms with Gasteiger partial charge in [-0.2, -0.15) is 0 Å². The normalized spacial score (nSPS) is 24.3. The third-order valence-electron chi connectivity index (χ3n) is 3.83. The average Bonchev–Trinajstić information content (AvgIpc) is 3.08. The molecule has 1 saturated heterocycles. The van der Waals surface area contributed by atoms with Gasteiger partial charge in [0.15, 0.2) is 0 Å². The monoisotopic (exact) mass is 231 g/mol. The van der Waals surface area contributed by atoms with Crippen molar-refractivity contribution in [2.24, 2.45) is 0 Å². The molecule has 3 rings (SSSR count). The van der Waals surface area contributed by atoms with Gasteiger partial charge in [-0.05, 0) is 44.7 Å². The molecule has 0 aromatic carbocycles. The molecular formula is C14H21N3. The van der Waals surface area contributed by atoms with Crippen molar-refractivity contribution in [1.29, 1.82) is 0 Å².